The number of fused-ring (bicyclic) bond motifs is 1. The number of anilines is 2. The summed E-state index contributed by atoms with van der Waals surface area (Å²) in [4.78, 5) is 7.00. The number of para-hydroxylation sites is 1. The van der Waals surface area contributed by atoms with Gasteiger partial charge in [0.25, 0.3) is 0 Å². The molecule has 0 radical (unpaired) electrons. The summed E-state index contributed by atoms with van der Waals surface area (Å²) >= 11 is 3.37. The second-order valence-corrected chi connectivity index (χ2v) is 7.05. The predicted octanol–water partition coefficient (Wildman–Crippen LogP) is 5.48. The van der Waals surface area contributed by atoms with E-state index in [1.54, 1.807) is 22.7 Å². The first-order valence-corrected chi connectivity index (χ1v) is 8.82. The largest absolute Gasteiger partial charge is 0.339 e. The van der Waals surface area contributed by atoms with Gasteiger partial charge in [0.2, 0.25) is 0 Å². The molecule has 1 aromatic carbocycles. The molecule has 4 aromatic rings. The third-order valence-electron chi connectivity index (χ3n) is 3.74. The normalized spacial score (nSPS) is 11.2. The fraction of sp³-hybridized carbons (Fsp3) is 0.118. The van der Waals surface area contributed by atoms with Crippen molar-refractivity contribution >= 4 is 39.1 Å². The Labute approximate surface area is 136 Å². The molecule has 5 heteroatoms. The van der Waals surface area contributed by atoms with Crippen molar-refractivity contribution in [2.24, 2.45) is 0 Å². The molecule has 22 heavy (non-hydrogen) atoms. The molecule has 3 heterocycles. The minimum Gasteiger partial charge on any atom is -0.339 e. The molecule has 3 nitrogen and oxygen atoms in total. The van der Waals surface area contributed by atoms with E-state index in [1.165, 1.54) is 16.0 Å². The van der Waals surface area contributed by atoms with Crippen molar-refractivity contribution in [1.82, 2.24) is 9.38 Å². The number of aryl methyl sites for hydroxylation is 2. The van der Waals surface area contributed by atoms with E-state index in [2.05, 4.69) is 70.9 Å². The number of thiazole rings is 1. The molecule has 3 aromatic heterocycles. The standard InChI is InChI=1S/C17H15N3S2/c1-11-5-3-6-12(2)14(11)18-16-15(13-7-4-9-21-13)19-17-20(16)8-10-22-17/h3-10,18H,1-2H3. The zero-order valence-electron chi connectivity index (χ0n) is 12.3. The molecule has 0 amide bonds. The molecule has 4 rings (SSSR count). The number of nitrogens with zero attached hydrogens (tertiary/aromatic N) is 2. The van der Waals surface area contributed by atoms with Gasteiger partial charge in [-0.1, -0.05) is 24.3 Å². The van der Waals surface area contributed by atoms with Gasteiger partial charge in [0.1, 0.15) is 11.5 Å². The number of rotatable bonds is 3. The number of nitrogens with one attached hydrogen (secondary N) is 1. The van der Waals surface area contributed by atoms with E-state index >= 15 is 0 Å². The number of hydrogen-bond acceptors (Lipinski definition) is 4. The molecule has 110 valence electrons. The van der Waals surface area contributed by atoms with Crippen molar-refractivity contribution in [2.75, 3.05) is 5.32 Å². The van der Waals surface area contributed by atoms with Crippen LogP contribution in [0.1, 0.15) is 11.1 Å². The molecule has 0 fully saturated rings. The summed E-state index contributed by atoms with van der Waals surface area (Å²) < 4.78 is 2.13. The van der Waals surface area contributed by atoms with E-state index in [0.29, 0.717) is 0 Å². The van der Waals surface area contributed by atoms with Gasteiger partial charge < -0.3 is 5.32 Å². The highest BCUT2D eigenvalue weighted by molar-refractivity contribution is 7.15. The molecule has 0 aliphatic rings. The highest BCUT2D eigenvalue weighted by Gasteiger charge is 2.17. The fourth-order valence-corrected chi connectivity index (χ4v) is 4.05. The van der Waals surface area contributed by atoms with E-state index in [-0.39, 0.29) is 0 Å². The quantitative estimate of drug-likeness (QED) is 0.540. The predicted molar refractivity (Wildman–Crippen MR) is 95.6 cm³/mol. The first kappa shape index (κ1) is 13.5. The van der Waals surface area contributed by atoms with Crippen molar-refractivity contribution < 1.29 is 0 Å². The maximum atomic E-state index is 4.80. The maximum Gasteiger partial charge on any atom is 0.195 e. The van der Waals surface area contributed by atoms with Crippen LogP contribution in [-0.4, -0.2) is 9.38 Å². The lowest BCUT2D eigenvalue weighted by Crippen LogP contribution is -1.99. The third-order valence-corrected chi connectivity index (χ3v) is 5.37. The van der Waals surface area contributed by atoms with Gasteiger partial charge in [-0.25, -0.2) is 4.98 Å². The number of imidazole rings is 1. The average Bonchev–Trinajstić information content (AvgIpc) is 3.20. The van der Waals surface area contributed by atoms with E-state index in [0.717, 1.165) is 22.2 Å². The highest BCUT2D eigenvalue weighted by Crippen LogP contribution is 2.36. The van der Waals surface area contributed by atoms with Gasteiger partial charge in [0.05, 0.1) is 4.88 Å². The van der Waals surface area contributed by atoms with Crippen LogP contribution in [0.15, 0.2) is 47.3 Å². The SMILES string of the molecule is Cc1cccc(C)c1Nc1c(-c2cccs2)nc2sccn12. The summed E-state index contributed by atoms with van der Waals surface area (Å²) in [5.74, 6) is 1.04. The Bertz CT molecular complexity index is 912. The van der Waals surface area contributed by atoms with Gasteiger partial charge in [-0.2, -0.15) is 0 Å². The van der Waals surface area contributed by atoms with Crippen LogP contribution in [0.2, 0.25) is 0 Å². The monoisotopic (exact) mass is 325 g/mol. The maximum absolute atomic E-state index is 4.80. The summed E-state index contributed by atoms with van der Waals surface area (Å²) in [5, 5.41) is 7.78. The molecular weight excluding hydrogens is 310 g/mol. The number of benzene rings is 1. The van der Waals surface area contributed by atoms with Crippen molar-refractivity contribution in [3.63, 3.8) is 0 Å². The van der Waals surface area contributed by atoms with Crippen LogP contribution in [0.4, 0.5) is 11.5 Å². The number of thiophene rings is 1. The third kappa shape index (κ3) is 2.14. The topological polar surface area (TPSA) is 29.3 Å². The van der Waals surface area contributed by atoms with Crippen LogP contribution >= 0.6 is 22.7 Å². The number of aromatic nitrogens is 2. The molecule has 0 aliphatic carbocycles. The lowest BCUT2D eigenvalue weighted by Gasteiger charge is -2.13. The first-order chi connectivity index (χ1) is 10.7. The van der Waals surface area contributed by atoms with Crippen molar-refractivity contribution in [2.45, 2.75) is 13.8 Å². The second-order valence-electron chi connectivity index (χ2n) is 5.23. The molecule has 0 spiro atoms. The molecule has 0 saturated carbocycles. The summed E-state index contributed by atoms with van der Waals surface area (Å²) in [6, 6.07) is 10.5. The summed E-state index contributed by atoms with van der Waals surface area (Å²) in [7, 11) is 0. The molecule has 0 bridgehead atoms. The molecule has 0 atom stereocenters. The summed E-state index contributed by atoms with van der Waals surface area (Å²) in [5.41, 5.74) is 4.66. The minimum atomic E-state index is 1.01. The summed E-state index contributed by atoms with van der Waals surface area (Å²) in [6.45, 7) is 4.26. The zero-order chi connectivity index (χ0) is 15.1. The van der Waals surface area contributed by atoms with E-state index in [9.17, 15) is 0 Å². The van der Waals surface area contributed by atoms with Gasteiger partial charge in [0, 0.05) is 17.3 Å². The first-order valence-electron chi connectivity index (χ1n) is 7.06. The molecule has 1 N–H and O–H groups in total. The lowest BCUT2D eigenvalue weighted by molar-refractivity contribution is 1.22. The van der Waals surface area contributed by atoms with E-state index in [1.807, 2.05) is 0 Å². The van der Waals surface area contributed by atoms with Gasteiger partial charge in [0.15, 0.2) is 4.96 Å². The Kier molecular flexibility index (Phi) is 3.24. The lowest BCUT2D eigenvalue weighted by atomic mass is 10.1. The minimum absolute atomic E-state index is 1.01. The van der Waals surface area contributed by atoms with Gasteiger partial charge in [-0.05, 0) is 36.4 Å². The van der Waals surface area contributed by atoms with Crippen molar-refractivity contribution in [1.29, 1.82) is 0 Å². The molecule has 0 saturated heterocycles. The molecule has 0 unspecified atom stereocenters. The number of hydrogen-bond donors (Lipinski definition) is 1. The van der Waals surface area contributed by atoms with Crippen molar-refractivity contribution in [3.05, 3.63) is 58.4 Å². The van der Waals surface area contributed by atoms with Crippen LogP contribution in [0.5, 0.6) is 0 Å². The Balaban J connectivity index is 1.90. The van der Waals surface area contributed by atoms with Gasteiger partial charge >= 0.3 is 0 Å². The molecular formula is C17H15N3S2. The highest BCUT2D eigenvalue weighted by atomic mass is 32.1. The van der Waals surface area contributed by atoms with E-state index < -0.39 is 0 Å². The van der Waals surface area contributed by atoms with Crippen LogP contribution in [-0.2, 0) is 0 Å². The van der Waals surface area contributed by atoms with Crippen LogP contribution in [0.3, 0.4) is 0 Å². The van der Waals surface area contributed by atoms with E-state index in [4.69, 9.17) is 4.98 Å². The Morgan fingerprint density at radius 2 is 1.82 bits per heavy atom. The Morgan fingerprint density at radius 1 is 1.00 bits per heavy atom. The van der Waals surface area contributed by atoms with Crippen LogP contribution < -0.4 is 5.32 Å². The van der Waals surface area contributed by atoms with Gasteiger partial charge in [-0.3, -0.25) is 4.40 Å². The Morgan fingerprint density at radius 3 is 2.55 bits per heavy atom. The molecule has 0 aliphatic heterocycles. The average molecular weight is 325 g/mol. The summed E-state index contributed by atoms with van der Waals surface area (Å²) in [6.07, 6.45) is 2.07. The van der Waals surface area contributed by atoms with Crippen LogP contribution in [0.25, 0.3) is 15.5 Å². The van der Waals surface area contributed by atoms with Crippen LogP contribution in [0, 0.1) is 13.8 Å². The fourth-order valence-electron chi connectivity index (χ4n) is 2.62. The second kappa shape index (κ2) is 5.26. The zero-order valence-corrected chi connectivity index (χ0v) is 14.0. The van der Waals surface area contributed by atoms with Gasteiger partial charge in [-0.15, -0.1) is 22.7 Å². The Hall–Kier alpha value is -2.11. The van der Waals surface area contributed by atoms with Crippen molar-refractivity contribution in [3.8, 4) is 10.6 Å². The smallest absolute Gasteiger partial charge is 0.195 e.